The first-order valence-corrected chi connectivity index (χ1v) is 10.4. The lowest BCUT2D eigenvalue weighted by Crippen LogP contribution is -2.47. The Morgan fingerprint density at radius 2 is 2.00 bits per heavy atom. The van der Waals surface area contributed by atoms with Gasteiger partial charge in [-0.05, 0) is 30.3 Å². The number of piperazine rings is 1. The second kappa shape index (κ2) is 7.38. The minimum atomic E-state index is 0.0504. The number of nitrogens with zero attached hydrogens (tertiary/aromatic N) is 5. The minimum Gasteiger partial charge on any atom is -0.360 e. The molecule has 0 radical (unpaired) electrons. The minimum absolute atomic E-state index is 0.0504. The van der Waals surface area contributed by atoms with Crippen molar-refractivity contribution >= 4 is 39.6 Å². The lowest BCUT2D eigenvalue weighted by atomic mass is 10.1. The van der Waals surface area contributed by atoms with E-state index >= 15 is 0 Å². The van der Waals surface area contributed by atoms with Crippen LogP contribution in [0.5, 0.6) is 0 Å². The van der Waals surface area contributed by atoms with Crippen molar-refractivity contribution in [1.29, 1.82) is 0 Å². The molecular weight excluding hydrogens is 404 g/mol. The van der Waals surface area contributed by atoms with E-state index in [9.17, 15) is 4.79 Å². The summed E-state index contributed by atoms with van der Waals surface area (Å²) in [6, 6.07) is 14.1. The summed E-state index contributed by atoms with van der Waals surface area (Å²) in [4.78, 5) is 23.1. The van der Waals surface area contributed by atoms with Crippen molar-refractivity contribution in [2.45, 2.75) is 0 Å². The van der Waals surface area contributed by atoms with E-state index < -0.39 is 0 Å². The highest BCUT2D eigenvalue weighted by molar-refractivity contribution is 5.84. The van der Waals surface area contributed by atoms with Gasteiger partial charge in [0.2, 0.25) is 5.91 Å². The standard InChI is InChI=1S/C23H20N8O/c32-21-14-30(9-7-24-21)18-5-3-17(4-6-18)27-22-23-25-8-10-31(23)13-20(28-22)15-1-2-16-12-26-29-19(16)11-15/h1-6,8,10-13H,7,9,14H2,(H,24,32)(H,26,29)(H,27,28). The van der Waals surface area contributed by atoms with E-state index in [-0.39, 0.29) is 5.91 Å². The average molecular weight is 424 g/mol. The molecule has 32 heavy (non-hydrogen) atoms. The van der Waals surface area contributed by atoms with E-state index in [1.807, 2.05) is 59.3 Å². The number of anilines is 3. The van der Waals surface area contributed by atoms with Crippen molar-refractivity contribution < 1.29 is 4.79 Å². The van der Waals surface area contributed by atoms with E-state index in [0.29, 0.717) is 18.9 Å². The molecule has 6 rings (SSSR count). The van der Waals surface area contributed by atoms with Gasteiger partial charge in [-0.15, -0.1) is 0 Å². The van der Waals surface area contributed by atoms with E-state index in [1.54, 1.807) is 12.4 Å². The van der Waals surface area contributed by atoms with Crippen molar-refractivity contribution in [3.05, 3.63) is 67.3 Å². The molecule has 3 aromatic heterocycles. The van der Waals surface area contributed by atoms with Gasteiger partial charge in [0.05, 0.1) is 24.0 Å². The first-order valence-electron chi connectivity index (χ1n) is 10.4. The molecule has 2 aromatic carbocycles. The fourth-order valence-electron chi connectivity index (χ4n) is 4.00. The molecule has 1 amide bonds. The van der Waals surface area contributed by atoms with Gasteiger partial charge in [-0.1, -0.05) is 12.1 Å². The van der Waals surface area contributed by atoms with Gasteiger partial charge < -0.3 is 19.9 Å². The van der Waals surface area contributed by atoms with Crippen molar-refractivity contribution in [3.63, 3.8) is 0 Å². The van der Waals surface area contributed by atoms with Gasteiger partial charge in [0.15, 0.2) is 11.5 Å². The maximum absolute atomic E-state index is 11.7. The van der Waals surface area contributed by atoms with Crippen LogP contribution >= 0.6 is 0 Å². The molecule has 5 aromatic rings. The topological polar surface area (TPSA) is 103 Å². The number of carbonyl (C=O) groups is 1. The van der Waals surface area contributed by atoms with Gasteiger partial charge in [-0.3, -0.25) is 9.89 Å². The van der Waals surface area contributed by atoms with Crippen molar-refractivity contribution in [3.8, 4) is 11.3 Å². The molecule has 0 spiro atoms. The van der Waals surface area contributed by atoms with Crippen LogP contribution in [0, 0.1) is 0 Å². The second-order valence-electron chi connectivity index (χ2n) is 7.75. The number of fused-ring (bicyclic) bond motifs is 2. The Morgan fingerprint density at radius 1 is 1.09 bits per heavy atom. The fourth-order valence-corrected chi connectivity index (χ4v) is 4.00. The molecule has 0 aliphatic carbocycles. The lowest BCUT2D eigenvalue weighted by Gasteiger charge is -2.28. The molecule has 4 heterocycles. The molecular formula is C23H20N8O. The molecule has 0 unspecified atom stereocenters. The molecule has 3 N–H and O–H groups in total. The third kappa shape index (κ3) is 3.29. The summed E-state index contributed by atoms with van der Waals surface area (Å²) >= 11 is 0. The van der Waals surface area contributed by atoms with Crippen LogP contribution in [0.1, 0.15) is 0 Å². The van der Waals surface area contributed by atoms with Crippen LogP contribution in [0.15, 0.2) is 67.3 Å². The Labute approximate surface area is 183 Å². The number of benzene rings is 2. The SMILES string of the molecule is O=C1CN(c2ccc(Nc3nc(-c4ccc5cn[nH]c5c4)cn4ccnc34)cc2)CCN1. The van der Waals surface area contributed by atoms with Gasteiger partial charge in [-0.2, -0.15) is 5.10 Å². The second-order valence-corrected chi connectivity index (χ2v) is 7.75. The quantitative estimate of drug-likeness (QED) is 0.410. The number of imidazole rings is 1. The number of H-pyrrole nitrogens is 1. The van der Waals surface area contributed by atoms with Gasteiger partial charge in [-0.25, -0.2) is 9.97 Å². The van der Waals surface area contributed by atoms with Gasteiger partial charge in [0.1, 0.15) is 0 Å². The predicted molar refractivity (Wildman–Crippen MR) is 123 cm³/mol. The predicted octanol–water partition coefficient (Wildman–Crippen LogP) is 2.95. The number of hydrogen-bond donors (Lipinski definition) is 3. The van der Waals surface area contributed by atoms with Crippen LogP contribution in [0.25, 0.3) is 27.8 Å². The molecule has 9 nitrogen and oxygen atoms in total. The van der Waals surface area contributed by atoms with E-state index in [0.717, 1.165) is 45.7 Å². The molecule has 0 atom stereocenters. The molecule has 1 aliphatic rings. The monoisotopic (exact) mass is 424 g/mol. The molecule has 1 saturated heterocycles. The summed E-state index contributed by atoms with van der Waals surface area (Å²) in [5.41, 5.74) is 5.43. The number of nitrogens with one attached hydrogen (secondary N) is 3. The van der Waals surface area contributed by atoms with Crippen LogP contribution < -0.4 is 15.5 Å². The Morgan fingerprint density at radius 3 is 2.88 bits per heavy atom. The first kappa shape index (κ1) is 18.4. The largest absolute Gasteiger partial charge is 0.360 e. The summed E-state index contributed by atoms with van der Waals surface area (Å²) < 4.78 is 1.96. The summed E-state index contributed by atoms with van der Waals surface area (Å²) in [6.07, 6.45) is 7.44. The van der Waals surface area contributed by atoms with E-state index in [2.05, 4.69) is 30.7 Å². The third-order valence-electron chi connectivity index (χ3n) is 5.65. The maximum atomic E-state index is 11.7. The van der Waals surface area contributed by atoms with Crippen LogP contribution in [-0.4, -0.2) is 50.1 Å². The highest BCUT2D eigenvalue weighted by Gasteiger charge is 2.16. The van der Waals surface area contributed by atoms with Gasteiger partial charge in [0, 0.05) is 54.0 Å². The van der Waals surface area contributed by atoms with Crippen LogP contribution in [0.2, 0.25) is 0 Å². The van der Waals surface area contributed by atoms with Gasteiger partial charge in [0.25, 0.3) is 0 Å². The Kier molecular flexibility index (Phi) is 4.24. The van der Waals surface area contributed by atoms with Crippen molar-refractivity contribution in [2.75, 3.05) is 29.9 Å². The molecule has 0 saturated carbocycles. The van der Waals surface area contributed by atoms with E-state index in [1.165, 1.54) is 0 Å². The number of rotatable bonds is 4. The van der Waals surface area contributed by atoms with Crippen LogP contribution in [0.3, 0.4) is 0 Å². The molecule has 158 valence electrons. The Hall–Kier alpha value is -4.40. The van der Waals surface area contributed by atoms with Crippen LogP contribution in [0.4, 0.5) is 17.2 Å². The first-order chi connectivity index (χ1) is 15.7. The number of carbonyl (C=O) groups excluding carboxylic acids is 1. The number of amides is 1. The number of hydrogen-bond acceptors (Lipinski definition) is 6. The van der Waals surface area contributed by atoms with Crippen molar-refractivity contribution in [2.24, 2.45) is 0 Å². The van der Waals surface area contributed by atoms with Crippen molar-refractivity contribution in [1.82, 2.24) is 29.9 Å². The van der Waals surface area contributed by atoms with Crippen LogP contribution in [-0.2, 0) is 4.79 Å². The molecule has 1 aliphatic heterocycles. The lowest BCUT2D eigenvalue weighted by molar-refractivity contribution is -0.120. The zero-order valence-corrected chi connectivity index (χ0v) is 17.1. The Balaban J connectivity index is 1.32. The smallest absolute Gasteiger partial charge is 0.239 e. The summed E-state index contributed by atoms with van der Waals surface area (Å²) in [5, 5.41) is 14.4. The number of aromatic amines is 1. The van der Waals surface area contributed by atoms with E-state index in [4.69, 9.17) is 4.98 Å². The zero-order valence-electron chi connectivity index (χ0n) is 17.1. The van der Waals surface area contributed by atoms with Gasteiger partial charge >= 0.3 is 0 Å². The maximum Gasteiger partial charge on any atom is 0.239 e. The third-order valence-corrected chi connectivity index (χ3v) is 5.65. The molecule has 1 fully saturated rings. The molecule has 9 heteroatoms. The summed E-state index contributed by atoms with van der Waals surface area (Å²) in [6.45, 7) is 1.85. The average Bonchev–Trinajstić information content (AvgIpc) is 3.48. The summed E-state index contributed by atoms with van der Waals surface area (Å²) in [5.74, 6) is 0.719. The highest BCUT2D eigenvalue weighted by atomic mass is 16.2. The normalized spacial score (nSPS) is 14.1. The zero-order chi connectivity index (χ0) is 21.5. The number of aromatic nitrogens is 5. The highest BCUT2D eigenvalue weighted by Crippen LogP contribution is 2.27. The molecule has 0 bridgehead atoms. The Bertz CT molecular complexity index is 1440. The fraction of sp³-hybridized carbons (Fsp3) is 0.130. The summed E-state index contributed by atoms with van der Waals surface area (Å²) in [7, 11) is 0.